The first-order valence-corrected chi connectivity index (χ1v) is 7.53. The Labute approximate surface area is 135 Å². The number of carboxylic acids is 1. The summed E-state index contributed by atoms with van der Waals surface area (Å²) in [5.74, 6) is -1.23. The summed E-state index contributed by atoms with van der Waals surface area (Å²) in [7, 11) is 0. The van der Waals surface area contributed by atoms with Crippen LogP contribution < -0.4 is 5.32 Å². The Morgan fingerprint density at radius 3 is 2.70 bits per heavy atom. The number of carbonyl (C=O) groups is 2. The predicted octanol–water partition coefficient (Wildman–Crippen LogP) is 3.16. The first-order chi connectivity index (χ1) is 10.7. The van der Waals surface area contributed by atoms with E-state index in [9.17, 15) is 14.7 Å². The molecule has 0 saturated carbocycles. The van der Waals surface area contributed by atoms with Gasteiger partial charge in [-0.25, -0.2) is 9.59 Å². The van der Waals surface area contributed by atoms with Gasteiger partial charge < -0.3 is 15.2 Å². The zero-order valence-electron chi connectivity index (χ0n) is 13.8. The first-order valence-electron chi connectivity index (χ1n) is 7.53. The Morgan fingerprint density at radius 2 is 2.09 bits per heavy atom. The van der Waals surface area contributed by atoms with Crippen molar-refractivity contribution in [2.24, 2.45) is 4.99 Å². The molecule has 2 unspecified atom stereocenters. The van der Waals surface area contributed by atoms with Crippen molar-refractivity contribution in [3.63, 3.8) is 0 Å². The lowest BCUT2D eigenvalue weighted by Gasteiger charge is -2.23. The quantitative estimate of drug-likeness (QED) is 0.892. The SMILES string of the molecule is Cc1ccc2c(c1)N=CC2CC(NC(=O)OC(C)(C)C)C(=O)O. The van der Waals surface area contributed by atoms with E-state index in [-0.39, 0.29) is 12.3 Å². The average molecular weight is 318 g/mol. The van der Waals surface area contributed by atoms with Gasteiger partial charge in [-0.05, 0) is 51.3 Å². The second-order valence-electron chi connectivity index (χ2n) is 6.72. The Balaban J connectivity index is 2.06. The number of aliphatic imine (C=N–C) groups is 1. The maximum atomic E-state index is 11.8. The summed E-state index contributed by atoms with van der Waals surface area (Å²) in [5, 5.41) is 11.8. The lowest BCUT2D eigenvalue weighted by atomic mass is 9.93. The van der Waals surface area contributed by atoms with Crippen LogP contribution in [0.25, 0.3) is 0 Å². The Hall–Kier alpha value is -2.37. The normalized spacial score (nSPS) is 17.5. The molecule has 1 amide bonds. The number of ether oxygens (including phenoxy) is 1. The number of amides is 1. The second kappa shape index (κ2) is 6.40. The van der Waals surface area contributed by atoms with Gasteiger partial charge in [0.05, 0.1) is 5.69 Å². The third kappa shape index (κ3) is 4.55. The minimum atomic E-state index is -1.09. The van der Waals surface area contributed by atoms with Crippen LogP contribution in [0.5, 0.6) is 0 Å². The summed E-state index contributed by atoms with van der Waals surface area (Å²) >= 11 is 0. The minimum absolute atomic E-state index is 0.137. The van der Waals surface area contributed by atoms with Crippen LogP contribution in [0.1, 0.15) is 44.2 Å². The summed E-state index contributed by atoms with van der Waals surface area (Å²) in [6.07, 6.45) is 1.23. The van der Waals surface area contributed by atoms with Gasteiger partial charge in [0.1, 0.15) is 11.6 Å². The fraction of sp³-hybridized carbons (Fsp3) is 0.471. The van der Waals surface area contributed by atoms with E-state index in [4.69, 9.17) is 4.74 Å². The lowest BCUT2D eigenvalue weighted by molar-refractivity contribution is -0.139. The molecule has 1 aromatic rings. The molecule has 1 heterocycles. The Kier molecular flexibility index (Phi) is 4.73. The van der Waals surface area contributed by atoms with Crippen LogP contribution in [0.15, 0.2) is 23.2 Å². The third-order valence-corrected chi connectivity index (χ3v) is 3.46. The van der Waals surface area contributed by atoms with Gasteiger partial charge in [0, 0.05) is 12.1 Å². The highest BCUT2D eigenvalue weighted by atomic mass is 16.6. The van der Waals surface area contributed by atoms with Crippen molar-refractivity contribution in [3.05, 3.63) is 29.3 Å². The molecule has 23 heavy (non-hydrogen) atoms. The molecule has 2 N–H and O–H groups in total. The Bertz CT molecular complexity index is 646. The number of rotatable bonds is 4. The molecule has 2 atom stereocenters. The molecule has 6 nitrogen and oxygen atoms in total. The van der Waals surface area contributed by atoms with Crippen molar-refractivity contribution in [3.8, 4) is 0 Å². The molecule has 0 aromatic heterocycles. The number of carboxylic acid groups (broad SMARTS) is 1. The molecule has 0 radical (unpaired) electrons. The molecule has 124 valence electrons. The number of carbonyl (C=O) groups excluding carboxylic acids is 1. The zero-order valence-corrected chi connectivity index (χ0v) is 13.8. The molecule has 1 aromatic carbocycles. The molecule has 0 spiro atoms. The second-order valence-corrected chi connectivity index (χ2v) is 6.72. The molecule has 0 bridgehead atoms. The topological polar surface area (TPSA) is 88.0 Å². The van der Waals surface area contributed by atoms with Gasteiger partial charge in [-0.15, -0.1) is 0 Å². The fourth-order valence-corrected chi connectivity index (χ4v) is 2.44. The monoisotopic (exact) mass is 318 g/mol. The number of hydrogen-bond acceptors (Lipinski definition) is 4. The number of fused-ring (bicyclic) bond motifs is 1. The third-order valence-electron chi connectivity index (χ3n) is 3.46. The fourth-order valence-electron chi connectivity index (χ4n) is 2.44. The van der Waals surface area contributed by atoms with Crippen LogP contribution in [0.2, 0.25) is 0 Å². The van der Waals surface area contributed by atoms with Crippen molar-refractivity contribution in [1.29, 1.82) is 0 Å². The molecule has 1 aliphatic rings. The summed E-state index contributed by atoms with van der Waals surface area (Å²) in [4.78, 5) is 27.6. The number of hydrogen-bond donors (Lipinski definition) is 2. The summed E-state index contributed by atoms with van der Waals surface area (Å²) < 4.78 is 5.12. The Morgan fingerprint density at radius 1 is 1.39 bits per heavy atom. The molecule has 0 aliphatic carbocycles. The zero-order chi connectivity index (χ0) is 17.2. The van der Waals surface area contributed by atoms with Gasteiger partial charge in [0.2, 0.25) is 0 Å². The van der Waals surface area contributed by atoms with Gasteiger partial charge in [0.25, 0.3) is 0 Å². The number of nitrogens with zero attached hydrogens (tertiary/aromatic N) is 1. The van der Waals surface area contributed by atoms with Crippen LogP contribution in [-0.2, 0) is 9.53 Å². The molecule has 2 rings (SSSR count). The predicted molar refractivity (Wildman–Crippen MR) is 87.5 cm³/mol. The van der Waals surface area contributed by atoms with Gasteiger partial charge in [-0.1, -0.05) is 12.1 Å². The number of aliphatic carboxylic acids is 1. The van der Waals surface area contributed by atoms with E-state index in [1.54, 1.807) is 27.0 Å². The number of nitrogens with one attached hydrogen (secondary N) is 1. The number of aryl methyl sites for hydroxylation is 1. The van der Waals surface area contributed by atoms with Crippen molar-refractivity contribution >= 4 is 24.0 Å². The number of alkyl carbamates (subject to hydrolysis) is 1. The highest BCUT2D eigenvalue weighted by molar-refractivity contribution is 5.84. The maximum absolute atomic E-state index is 11.8. The van der Waals surface area contributed by atoms with Crippen molar-refractivity contribution in [1.82, 2.24) is 5.32 Å². The maximum Gasteiger partial charge on any atom is 0.408 e. The first kappa shape index (κ1) is 17.0. The van der Waals surface area contributed by atoms with E-state index in [1.165, 1.54) is 0 Å². The van der Waals surface area contributed by atoms with Crippen LogP contribution in [0.3, 0.4) is 0 Å². The van der Waals surface area contributed by atoms with Crippen LogP contribution in [0.4, 0.5) is 10.5 Å². The summed E-state index contributed by atoms with van der Waals surface area (Å²) in [6, 6.07) is 4.85. The van der Waals surface area contributed by atoms with Crippen LogP contribution >= 0.6 is 0 Å². The van der Waals surface area contributed by atoms with E-state index in [1.807, 2.05) is 25.1 Å². The number of benzene rings is 1. The molecular weight excluding hydrogens is 296 g/mol. The standard InChI is InChI=1S/C17H22N2O4/c1-10-5-6-12-11(9-18-13(12)7-10)8-14(15(20)21)19-16(22)23-17(2,3)4/h5-7,9,11,14H,8H2,1-4H3,(H,19,22)(H,20,21). The van der Waals surface area contributed by atoms with E-state index in [0.29, 0.717) is 0 Å². The van der Waals surface area contributed by atoms with Gasteiger partial charge in [-0.2, -0.15) is 0 Å². The molecular formula is C17H22N2O4. The van der Waals surface area contributed by atoms with E-state index in [0.717, 1.165) is 16.8 Å². The van der Waals surface area contributed by atoms with E-state index >= 15 is 0 Å². The molecule has 6 heteroatoms. The highest BCUT2D eigenvalue weighted by Gasteiger charge is 2.29. The summed E-state index contributed by atoms with van der Waals surface area (Å²) in [5.41, 5.74) is 2.26. The van der Waals surface area contributed by atoms with Crippen molar-refractivity contribution < 1.29 is 19.4 Å². The largest absolute Gasteiger partial charge is 0.480 e. The van der Waals surface area contributed by atoms with Gasteiger partial charge >= 0.3 is 12.1 Å². The van der Waals surface area contributed by atoms with Crippen LogP contribution in [0, 0.1) is 6.92 Å². The average Bonchev–Trinajstić information content (AvgIpc) is 2.78. The van der Waals surface area contributed by atoms with Gasteiger partial charge in [0.15, 0.2) is 0 Å². The minimum Gasteiger partial charge on any atom is -0.480 e. The molecule has 0 saturated heterocycles. The molecule has 0 fully saturated rings. The van der Waals surface area contributed by atoms with E-state index in [2.05, 4.69) is 10.3 Å². The smallest absolute Gasteiger partial charge is 0.408 e. The van der Waals surface area contributed by atoms with E-state index < -0.39 is 23.7 Å². The van der Waals surface area contributed by atoms with Crippen LogP contribution in [-0.4, -0.2) is 35.0 Å². The highest BCUT2D eigenvalue weighted by Crippen LogP contribution is 2.35. The molecule has 1 aliphatic heterocycles. The van der Waals surface area contributed by atoms with Gasteiger partial charge in [-0.3, -0.25) is 4.99 Å². The summed E-state index contributed by atoms with van der Waals surface area (Å²) in [6.45, 7) is 7.16. The van der Waals surface area contributed by atoms with Crippen molar-refractivity contribution in [2.75, 3.05) is 0 Å². The van der Waals surface area contributed by atoms with Crippen molar-refractivity contribution in [2.45, 2.75) is 51.7 Å². The lowest BCUT2D eigenvalue weighted by Crippen LogP contribution is -2.44.